The molecule has 3 aromatic carbocycles. The zero-order valence-electron chi connectivity index (χ0n) is 25.6. The van der Waals surface area contributed by atoms with Gasteiger partial charge in [-0.05, 0) is 106 Å². The van der Waals surface area contributed by atoms with E-state index in [-0.39, 0.29) is 24.1 Å². The fourth-order valence-corrected chi connectivity index (χ4v) is 4.94. The van der Waals surface area contributed by atoms with E-state index in [1.807, 2.05) is 32.0 Å². The summed E-state index contributed by atoms with van der Waals surface area (Å²) in [6.07, 6.45) is 0.885. The van der Waals surface area contributed by atoms with Crippen LogP contribution in [0, 0.1) is 13.8 Å². The number of phenolic OH excluding ortho intramolecular Hbond substituents is 1. The summed E-state index contributed by atoms with van der Waals surface area (Å²) < 4.78 is 10.8. The summed E-state index contributed by atoms with van der Waals surface area (Å²) in [5, 5.41) is 15.6. The van der Waals surface area contributed by atoms with Gasteiger partial charge in [0, 0.05) is 18.2 Å². The normalized spacial score (nSPS) is 14.3. The molecule has 1 fully saturated rings. The number of ether oxygens (including phenoxy) is 2. The number of rotatable bonds is 10. The smallest absolute Gasteiger partial charge is 0.408 e. The summed E-state index contributed by atoms with van der Waals surface area (Å²) in [6, 6.07) is 17.0. The molecule has 9 heteroatoms. The van der Waals surface area contributed by atoms with Crippen molar-refractivity contribution >= 4 is 23.6 Å². The summed E-state index contributed by atoms with van der Waals surface area (Å²) in [6.45, 7) is 9.17. The highest BCUT2D eigenvalue weighted by Crippen LogP contribution is 2.38. The van der Waals surface area contributed by atoms with E-state index in [1.54, 1.807) is 69.2 Å². The molecule has 1 saturated carbocycles. The molecule has 9 nitrogen and oxygen atoms in total. The molecule has 3 amide bonds. The molecule has 4 rings (SSSR count). The Morgan fingerprint density at radius 2 is 1.63 bits per heavy atom. The van der Waals surface area contributed by atoms with Crippen molar-refractivity contribution in [3.8, 4) is 11.5 Å². The van der Waals surface area contributed by atoms with E-state index in [4.69, 9.17) is 9.47 Å². The Morgan fingerprint density at radius 3 is 2.21 bits per heavy atom. The second kappa shape index (κ2) is 13.2. The molecule has 3 N–H and O–H groups in total. The molecule has 1 aliphatic carbocycles. The van der Waals surface area contributed by atoms with Crippen LogP contribution in [0.25, 0.3) is 0 Å². The lowest BCUT2D eigenvalue weighted by Gasteiger charge is -2.35. The minimum absolute atomic E-state index is 0.0940. The second-order valence-corrected chi connectivity index (χ2v) is 12.0. The molecule has 0 spiro atoms. The molecule has 43 heavy (non-hydrogen) atoms. The van der Waals surface area contributed by atoms with Crippen molar-refractivity contribution in [2.45, 2.75) is 77.6 Å². The number of hydrogen-bond acceptors (Lipinski definition) is 6. The third-order valence-corrected chi connectivity index (χ3v) is 7.39. The van der Waals surface area contributed by atoms with E-state index < -0.39 is 29.7 Å². The van der Waals surface area contributed by atoms with Gasteiger partial charge in [0.15, 0.2) is 0 Å². The Morgan fingerprint density at radius 1 is 0.977 bits per heavy atom. The van der Waals surface area contributed by atoms with Crippen molar-refractivity contribution in [3.05, 3.63) is 89.0 Å². The predicted octanol–water partition coefficient (Wildman–Crippen LogP) is 5.82. The molecule has 2 atom stereocenters. The summed E-state index contributed by atoms with van der Waals surface area (Å²) in [5.74, 6) is -0.00216. The minimum Gasteiger partial charge on any atom is -0.508 e. The Hall–Kier alpha value is -4.53. The lowest BCUT2D eigenvalue weighted by molar-refractivity contribution is -0.141. The zero-order chi connectivity index (χ0) is 31.3. The van der Waals surface area contributed by atoms with Crippen LogP contribution < -0.4 is 15.4 Å². The lowest BCUT2D eigenvalue weighted by atomic mass is 9.94. The number of phenols is 1. The summed E-state index contributed by atoms with van der Waals surface area (Å²) in [7, 11) is 1.57. The van der Waals surface area contributed by atoms with E-state index in [2.05, 4.69) is 10.6 Å². The highest BCUT2D eigenvalue weighted by molar-refractivity contribution is 5.99. The number of aryl methyl sites for hydroxylation is 1. The summed E-state index contributed by atoms with van der Waals surface area (Å²) >= 11 is 0. The number of hydrogen-bond donors (Lipinski definition) is 3. The third-order valence-electron chi connectivity index (χ3n) is 7.39. The van der Waals surface area contributed by atoms with Crippen LogP contribution in [0.1, 0.15) is 61.9 Å². The van der Waals surface area contributed by atoms with Gasteiger partial charge in [-0.3, -0.25) is 9.59 Å². The first kappa shape index (κ1) is 31.4. The molecule has 3 aromatic rings. The highest BCUT2D eigenvalue weighted by atomic mass is 16.6. The molecule has 0 aromatic heterocycles. The minimum atomic E-state index is -1.03. The number of amides is 3. The number of anilines is 1. The first-order valence-electron chi connectivity index (χ1n) is 14.5. The number of carbonyl (C=O) groups excluding carboxylic acids is 3. The summed E-state index contributed by atoms with van der Waals surface area (Å²) in [5.41, 5.74) is 3.14. The molecule has 0 radical (unpaired) electrons. The van der Waals surface area contributed by atoms with E-state index >= 15 is 0 Å². The van der Waals surface area contributed by atoms with Gasteiger partial charge in [-0.2, -0.15) is 0 Å². The van der Waals surface area contributed by atoms with Gasteiger partial charge in [-0.1, -0.05) is 30.3 Å². The van der Waals surface area contributed by atoms with Crippen molar-refractivity contribution in [2.24, 2.45) is 0 Å². The average Bonchev–Trinajstić information content (AvgIpc) is 3.78. The molecule has 0 aliphatic heterocycles. The highest BCUT2D eigenvalue weighted by Gasteiger charge is 2.44. The molecule has 0 saturated heterocycles. The fraction of sp³-hybridized carbons (Fsp3) is 0.382. The predicted molar refractivity (Wildman–Crippen MR) is 165 cm³/mol. The maximum Gasteiger partial charge on any atom is 0.408 e. The largest absolute Gasteiger partial charge is 0.508 e. The Labute approximate surface area is 253 Å². The van der Waals surface area contributed by atoms with Crippen LogP contribution >= 0.6 is 0 Å². The van der Waals surface area contributed by atoms with Gasteiger partial charge in [0.05, 0.1) is 7.11 Å². The molecular weight excluding hydrogens is 546 g/mol. The SMILES string of the molecule is COc1ccc(NC(=O)C(c2cccc(C)c2C)N(C(=O)C(Cc2ccc(O)cc2)NC(=O)OC(C)(C)C)C2CC2)cc1. The molecule has 228 valence electrons. The van der Waals surface area contributed by atoms with E-state index in [9.17, 15) is 19.5 Å². The van der Waals surface area contributed by atoms with Gasteiger partial charge in [0.2, 0.25) is 5.91 Å². The van der Waals surface area contributed by atoms with E-state index in [0.717, 1.165) is 29.5 Å². The van der Waals surface area contributed by atoms with Crippen LogP contribution in [0.3, 0.4) is 0 Å². The monoisotopic (exact) mass is 587 g/mol. The van der Waals surface area contributed by atoms with Crippen LogP contribution in [0.5, 0.6) is 11.5 Å². The molecule has 0 bridgehead atoms. The number of nitrogens with one attached hydrogen (secondary N) is 2. The van der Waals surface area contributed by atoms with Gasteiger partial charge in [-0.15, -0.1) is 0 Å². The Balaban J connectivity index is 1.74. The lowest BCUT2D eigenvalue weighted by Crippen LogP contribution is -2.54. The van der Waals surface area contributed by atoms with Crippen LogP contribution in [-0.4, -0.2) is 52.7 Å². The number of carbonyl (C=O) groups is 3. The maximum absolute atomic E-state index is 14.6. The van der Waals surface area contributed by atoms with E-state index in [0.29, 0.717) is 17.0 Å². The molecule has 0 heterocycles. The van der Waals surface area contributed by atoms with Crippen molar-refractivity contribution < 1.29 is 29.0 Å². The Bertz CT molecular complexity index is 1440. The summed E-state index contributed by atoms with van der Waals surface area (Å²) in [4.78, 5) is 43.3. The Kier molecular flexibility index (Phi) is 9.63. The molecular formula is C34H41N3O6. The van der Waals surface area contributed by atoms with Crippen molar-refractivity contribution in [1.29, 1.82) is 0 Å². The van der Waals surface area contributed by atoms with Gasteiger partial charge in [0.25, 0.3) is 5.91 Å². The number of benzene rings is 3. The van der Waals surface area contributed by atoms with Gasteiger partial charge < -0.3 is 30.1 Å². The second-order valence-electron chi connectivity index (χ2n) is 12.0. The number of nitrogens with zero attached hydrogens (tertiary/aromatic N) is 1. The standard InChI is InChI=1S/C34H41N3O6/c1-21-8-7-9-28(22(21)2)30(31(39)35-24-12-18-27(42-6)19-13-24)37(25-14-15-25)32(40)29(36-33(41)43-34(3,4)5)20-23-10-16-26(38)17-11-23/h7-13,16-19,25,29-30,38H,14-15,20H2,1-6H3,(H,35,39)(H,36,41). The fourth-order valence-electron chi connectivity index (χ4n) is 4.94. The zero-order valence-corrected chi connectivity index (χ0v) is 25.6. The average molecular weight is 588 g/mol. The quantitative estimate of drug-likeness (QED) is 0.275. The van der Waals surface area contributed by atoms with Crippen molar-refractivity contribution in [2.75, 3.05) is 12.4 Å². The van der Waals surface area contributed by atoms with E-state index in [1.165, 1.54) is 12.1 Å². The van der Waals surface area contributed by atoms with Crippen LogP contribution in [0.15, 0.2) is 66.7 Å². The van der Waals surface area contributed by atoms with Crippen LogP contribution in [0.2, 0.25) is 0 Å². The van der Waals surface area contributed by atoms with Crippen molar-refractivity contribution in [1.82, 2.24) is 10.2 Å². The number of aromatic hydroxyl groups is 1. The number of methoxy groups -OCH3 is 1. The van der Waals surface area contributed by atoms with Crippen LogP contribution in [-0.2, 0) is 20.7 Å². The maximum atomic E-state index is 14.6. The first-order valence-corrected chi connectivity index (χ1v) is 14.5. The topological polar surface area (TPSA) is 117 Å². The van der Waals surface area contributed by atoms with Gasteiger partial charge in [0.1, 0.15) is 29.2 Å². The molecule has 1 aliphatic rings. The van der Waals surface area contributed by atoms with Crippen LogP contribution in [0.4, 0.5) is 10.5 Å². The third kappa shape index (κ3) is 8.28. The van der Waals surface area contributed by atoms with Gasteiger partial charge >= 0.3 is 6.09 Å². The van der Waals surface area contributed by atoms with Gasteiger partial charge in [-0.25, -0.2) is 4.79 Å². The first-order chi connectivity index (χ1) is 20.4. The van der Waals surface area contributed by atoms with Crippen molar-refractivity contribution in [3.63, 3.8) is 0 Å². The number of alkyl carbamates (subject to hydrolysis) is 1. The molecule has 2 unspecified atom stereocenters.